The van der Waals surface area contributed by atoms with Gasteiger partial charge < -0.3 is 15.2 Å². The van der Waals surface area contributed by atoms with Gasteiger partial charge in [0.1, 0.15) is 5.60 Å². The van der Waals surface area contributed by atoms with Crippen LogP contribution in [0.3, 0.4) is 0 Å². The largest absolute Gasteiger partial charge is 0.481 e. The minimum absolute atomic E-state index is 0.105. The molecule has 1 saturated carbocycles. The third-order valence-corrected chi connectivity index (χ3v) is 3.57. The SMILES string of the molecule is CC(C)(C)OC(=O)NC1CC(C(C)(C)CC(=O)O)C1. The van der Waals surface area contributed by atoms with Crippen molar-refractivity contribution in [1.29, 1.82) is 0 Å². The molecule has 0 saturated heterocycles. The van der Waals surface area contributed by atoms with Crippen molar-refractivity contribution in [2.75, 3.05) is 0 Å². The van der Waals surface area contributed by atoms with Crippen molar-refractivity contribution < 1.29 is 19.4 Å². The lowest BCUT2D eigenvalue weighted by Crippen LogP contribution is -2.50. The van der Waals surface area contributed by atoms with Gasteiger partial charge >= 0.3 is 12.1 Å². The van der Waals surface area contributed by atoms with E-state index < -0.39 is 17.7 Å². The Morgan fingerprint density at radius 3 is 2.16 bits per heavy atom. The number of amides is 1. The minimum atomic E-state index is -0.770. The molecule has 0 aliphatic heterocycles. The summed E-state index contributed by atoms with van der Waals surface area (Å²) in [6, 6.07) is 0.105. The molecule has 1 amide bonds. The normalized spacial score (nSPS) is 23.4. The molecule has 2 N–H and O–H groups in total. The van der Waals surface area contributed by atoms with E-state index in [1.54, 1.807) is 0 Å². The summed E-state index contributed by atoms with van der Waals surface area (Å²) < 4.78 is 5.19. The number of carbonyl (C=O) groups is 2. The van der Waals surface area contributed by atoms with Crippen molar-refractivity contribution >= 4 is 12.1 Å². The highest BCUT2D eigenvalue weighted by molar-refractivity contribution is 5.68. The first-order valence-corrected chi connectivity index (χ1v) is 6.71. The Kier molecular flexibility index (Phi) is 4.48. The van der Waals surface area contributed by atoms with Crippen LogP contribution in [0.4, 0.5) is 4.79 Å². The standard InChI is InChI=1S/C14H25NO4/c1-13(2,3)19-12(18)15-10-6-9(7-10)14(4,5)8-11(16)17/h9-10H,6-8H2,1-5H3,(H,15,18)(H,16,17). The summed E-state index contributed by atoms with van der Waals surface area (Å²) in [6.45, 7) is 9.41. The molecule has 0 aromatic carbocycles. The summed E-state index contributed by atoms with van der Waals surface area (Å²) in [5.41, 5.74) is -0.715. The Morgan fingerprint density at radius 1 is 1.21 bits per heavy atom. The lowest BCUT2D eigenvalue weighted by atomic mass is 9.63. The molecule has 1 aliphatic carbocycles. The molecule has 110 valence electrons. The number of carbonyl (C=O) groups excluding carboxylic acids is 1. The van der Waals surface area contributed by atoms with E-state index in [1.165, 1.54) is 0 Å². The van der Waals surface area contributed by atoms with Gasteiger partial charge in [0.25, 0.3) is 0 Å². The maximum absolute atomic E-state index is 11.6. The van der Waals surface area contributed by atoms with Gasteiger partial charge in [-0.3, -0.25) is 4.79 Å². The van der Waals surface area contributed by atoms with E-state index >= 15 is 0 Å². The number of hydrogen-bond donors (Lipinski definition) is 2. The number of aliphatic carboxylic acids is 1. The van der Waals surface area contributed by atoms with Gasteiger partial charge in [0, 0.05) is 6.04 Å². The fraction of sp³-hybridized carbons (Fsp3) is 0.857. The maximum Gasteiger partial charge on any atom is 0.407 e. The molecular weight excluding hydrogens is 246 g/mol. The van der Waals surface area contributed by atoms with Crippen LogP contribution >= 0.6 is 0 Å². The van der Waals surface area contributed by atoms with Crippen molar-refractivity contribution in [2.24, 2.45) is 11.3 Å². The first kappa shape index (κ1) is 15.8. The number of hydrogen-bond acceptors (Lipinski definition) is 3. The lowest BCUT2D eigenvalue weighted by molar-refractivity contribution is -0.140. The van der Waals surface area contributed by atoms with Crippen LogP contribution in [0.2, 0.25) is 0 Å². The van der Waals surface area contributed by atoms with E-state index in [0.29, 0.717) is 5.92 Å². The Labute approximate surface area is 114 Å². The van der Waals surface area contributed by atoms with Crippen molar-refractivity contribution in [2.45, 2.75) is 65.5 Å². The van der Waals surface area contributed by atoms with Gasteiger partial charge in [-0.25, -0.2) is 4.79 Å². The van der Waals surface area contributed by atoms with Crippen molar-refractivity contribution in [1.82, 2.24) is 5.32 Å². The first-order chi connectivity index (χ1) is 8.49. The zero-order chi connectivity index (χ0) is 14.8. The van der Waals surface area contributed by atoms with E-state index in [-0.39, 0.29) is 17.9 Å². The molecule has 0 aromatic heterocycles. The second kappa shape index (κ2) is 5.39. The summed E-state index contributed by atoms with van der Waals surface area (Å²) in [4.78, 5) is 22.4. The molecule has 1 rings (SSSR count). The van der Waals surface area contributed by atoms with Crippen LogP contribution < -0.4 is 5.32 Å². The number of ether oxygens (including phenoxy) is 1. The zero-order valence-electron chi connectivity index (χ0n) is 12.4. The van der Waals surface area contributed by atoms with Gasteiger partial charge in [0.2, 0.25) is 0 Å². The first-order valence-electron chi connectivity index (χ1n) is 6.71. The predicted molar refractivity (Wildman–Crippen MR) is 71.9 cm³/mol. The van der Waals surface area contributed by atoms with Crippen molar-refractivity contribution in [3.63, 3.8) is 0 Å². The van der Waals surface area contributed by atoms with Gasteiger partial charge in [-0.1, -0.05) is 13.8 Å². The number of rotatable bonds is 4. The third-order valence-electron chi connectivity index (χ3n) is 3.57. The van der Waals surface area contributed by atoms with E-state index in [0.717, 1.165) is 12.8 Å². The summed E-state index contributed by atoms with van der Waals surface area (Å²) in [5.74, 6) is -0.433. The highest BCUT2D eigenvalue weighted by atomic mass is 16.6. The Balaban J connectivity index is 2.34. The molecule has 0 atom stereocenters. The quantitative estimate of drug-likeness (QED) is 0.824. The molecule has 0 spiro atoms. The molecule has 0 bridgehead atoms. The van der Waals surface area contributed by atoms with Gasteiger partial charge in [0.05, 0.1) is 6.42 Å². The van der Waals surface area contributed by atoms with E-state index in [4.69, 9.17) is 9.84 Å². The highest BCUT2D eigenvalue weighted by Gasteiger charge is 2.41. The van der Waals surface area contributed by atoms with Gasteiger partial charge in [-0.2, -0.15) is 0 Å². The lowest BCUT2D eigenvalue weighted by Gasteiger charge is -2.45. The van der Waals surface area contributed by atoms with Gasteiger partial charge in [0.15, 0.2) is 0 Å². The van der Waals surface area contributed by atoms with E-state index in [9.17, 15) is 9.59 Å². The second-order valence-corrected chi connectivity index (χ2v) is 7.07. The van der Waals surface area contributed by atoms with Crippen LogP contribution in [0.5, 0.6) is 0 Å². The van der Waals surface area contributed by atoms with Crippen LogP contribution in [0.15, 0.2) is 0 Å². The molecule has 19 heavy (non-hydrogen) atoms. The summed E-state index contributed by atoms with van der Waals surface area (Å²) in [5, 5.41) is 11.7. The Bertz CT molecular complexity index is 351. The molecule has 1 aliphatic rings. The summed E-state index contributed by atoms with van der Waals surface area (Å²) >= 11 is 0. The summed E-state index contributed by atoms with van der Waals surface area (Å²) in [7, 11) is 0. The van der Waals surface area contributed by atoms with Crippen LogP contribution in [-0.4, -0.2) is 28.8 Å². The van der Waals surface area contributed by atoms with Crippen molar-refractivity contribution in [3.8, 4) is 0 Å². The fourth-order valence-corrected chi connectivity index (χ4v) is 2.38. The summed E-state index contributed by atoms with van der Waals surface area (Å²) in [6.07, 6.45) is 1.41. The number of alkyl carbamates (subject to hydrolysis) is 1. The Morgan fingerprint density at radius 2 is 1.74 bits per heavy atom. The Hall–Kier alpha value is -1.26. The number of nitrogens with one attached hydrogen (secondary N) is 1. The highest BCUT2D eigenvalue weighted by Crippen LogP contribution is 2.44. The van der Waals surface area contributed by atoms with E-state index in [1.807, 2.05) is 34.6 Å². The average molecular weight is 271 g/mol. The van der Waals surface area contributed by atoms with Gasteiger partial charge in [-0.15, -0.1) is 0 Å². The maximum atomic E-state index is 11.6. The van der Waals surface area contributed by atoms with Crippen LogP contribution in [0, 0.1) is 11.3 Å². The molecule has 1 fully saturated rings. The van der Waals surface area contributed by atoms with Crippen molar-refractivity contribution in [3.05, 3.63) is 0 Å². The molecule has 0 aromatic rings. The number of carboxylic acids is 1. The third kappa shape index (κ3) is 5.09. The smallest absolute Gasteiger partial charge is 0.407 e. The number of carboxylic acid groups (broad SMARTS) is 1. The fourth-order valence-electron chi connectivity index (χ4n) is 2.38. The van der Waals surface area contributed by atoms with Crippen LogP contribution in [0.25, 0.3) is 0 Å². The van der Waals surface area contributed by atoms with Gasteiger partial charge in [-0.05, 0) is 44.9 Å². The van der Waals surface area contributed by atoms with Crippen LogP contribution in [-0.2, 0) is 9.53 Å². The molecule has 0 unspecified atom stereocenters. The molecule has 5 nitrogen and oxygen atoms in total. The predicted octanol–water partition coefficient (Wildman–Crippen LogP) is 2.79. The molecular formula is C14H25NO4. The topological polar surface area (TPSA) is 75.6 Å². The monoisotopic (exact) mass is 271 g/mol. The van der Waals surface area contributed by atoms with E-state index in [2.05, 4.69) is 5.32 Å². The minimum Gasteiger partial charge on any atom is -0.481 e. The second-order valence-electron chi connectivity index (χ2n) is 7.07. The molecule has 0 heterocycles. The molecule has 5 heteroatoms. The van der Waals surface area contributed by atoms with Crippen LogP contribution in [0.1, 0.15) is 53.9 Å². The average Bonchev–Trinajstić information content (AvgIpc) is 2.04. The molecule has 0 radical (unpaired) electrons. The zero-order valence-corrected chi connectivity index (χ0v) is 12.4.